The molecular weight excluding hydrogens is 256 g/mol. The van der Waals surface area contributed by atoms with Crippen molar-refractivity contribution >= 4 is 12.0 Å². The van der Waals surface area contributed by atoms with Crippen molar-refractivity contribution < 1.29 is 14.7 Å². The summed E-state index contributed by atoms with van der Waals surface area (Å²) in [7, 11) is 1.64. The number of aliphatic carboxylic acids is 1. The molecule has 0 aromatic heterocycles. The fourth-order valence-electron chi connectivity index (χ4n) is 2.87. The van der Waals surface area contributed by atoms with Gasteiger partial charge in [-0.15, -0.1) is 0 Å². The predicted octanol–water partition coefficient (Wildman–Crippen LogP) is 2.71. The molecule has 0 heterocycles. The third-order valence-corrected chi connectivity index (χ3v) is 4.10. The number of nitrogens with zero attached hydrogens (tertiary/aromatic N) is 1. The van der Waals surface area contributed by atoms with Crippen LogP contribution in [0.25, 0.3) is 0 Å². The Morgan fingerprint density at radius 2 is 1.85 bits per heavy atom. The van der Waals surface area contributed by atoms with Crippen LogP contribution in [0.2, 0.25) is 0 Å². The van der Waals surface area contributed by atoms with Crippen LogP contribution in [0.5, 0.6) is 0 Å². The van der Waals surface area contributed by atoms with Gasteiger partial charge in [0.15, 0.2) is 0 Å². The van der Waals surface area contributed by atoms with Crippen LogP contribution in [0.4, 0.5) is 4.79 Å². The summed E-state index contributed by atoms with van der Waals surface area (Å²) >= 11 is 0. The highest BCUT2D eigenvalue weighted by atomic mass is 16.4. The van der Waals surface area contributed by atoms with Gasteiger partial charge in [-0.2, -0.15) is 0 Å². The molecule has 0 bridgehead atoms. The van der Waals surface area contributed by atoms with Crippen molar-refractivity contribution in [3.8, 4) is 0 Å². The van der Waals surface area contributed by atoms with Gasteiger partial charge in [-0.25, -0.2) is 4.79 Å². The third kappa shape index (κ3) is 5.80. The molecule has 1 aliphatic rings. The average molecular weight is 284 g/mol. The van der Waals surface area contributed by atoms with Gasteiger partial charge in [-0.3, -0.25) is 4.79 Å². The van der Waals surface area contributed by atoms with E-state index in [0.717, 1.165) is 12.3 Å². The molecule has 0 aromatic rings. The van der Waals surface area contributed by atoms with Crippen molar-refractivity contribution in [2.24, 2.45) is 11.8 Å². The number of carbonyl (C=O) groups is 2. The van der Waals surface area contributed by atoms with Crippen LogP contribution >= 0.6 is 0 Å². The highest BCUT2D eigenvalue weighted by molar-refractivity contribution is 5.75. The molecule has 5 nitrogen and oxygen atoms in total. The molecule has 0 radical (unpaired) electrons. The molecule has 1 rings (SSSR count). The molecule has 0 aromatic carbocycles. The molecule has 5 heteroatoms. The zero-order valence-corrected chi connectivity index (χ0v) is 12.9. The smallest absolute Gasteiger partial charge is 0.317 e. The predicted molar refractivity (Wildman–Crippen MR) is 78.6 cm³/mol. The lowest BCUT2D eigenvalue weighted by Gasteiger charge is -2.27. The van der Waals surface area contributed by atoms with Gasteiger partial charge in [-0.1, -0.05) is 39.0 Å². The summed E-state index contributed by atoms with van der Waals surface area (Å²) in [6.07, 6.45) is 7.52. The van der Waals surface area contributed by atoms with Crippen LogP contribution in [-0.4, -0.2) is 41.6 Å². The second kappa shape index (κ2) is 8.12. The van der Waals surface area contributed by atoms with E-state index in [4.69, 9.17) is 5.11 Å². The molecule has 20 heavy (non-hydrogen) atoms. The first-order valence-corrected chi connectivity index (χ1v) is 7.64. The first-order chi connectivity index (χ1) is 9.40. The van der Waals surface area contributed by atoms with Crippen LogP contribution in [-0.2, 0) is 4.79 Å². The lowest BCUT2D eigenvalue weighted by Crippen LogP contribution is -2.44. The highest BCUT2D eigenvalue weighted by Crippen LogP contribution is 2.27. The molecule has 2 N–H and O–H groups in total. The summed E-state index contributed by atoms with van der Waals surface area (Å²) in [5.74, 6) is -0.693. The molecular formula is C15H28N2O3. The van der Waals surface area contributed by atoms with Gasteiger partial charge in [0.1, 0.15) is 0 Å². The SMILES string of the molecule is CC(CN(C)C(=O)N[C@H](C)CC1CCCCC1)C(=O)O. The number of carboxylic acids is 1. The van der Waals surface area contributed by atoms with Crippen molar-refractivity contribution in [1.82, 2.24) is 10.2 Å². The maximum absolute atomic E-state index is 12.0. The van der Waals surface area contributed by atoms with Gasteiger partial charge in [-0.05, 0) is 19.3 Å². The Balaban J connectivity index is 2.30. The Labute approximate surface area is 121 Å². The van der Waals surface area contributed by atoms with Gasteiger partial charge < -0.3 is 15.3 Å². The number of hydrogen-bond donors (Lipinski definition) is 2. The van der Waals surface area contributed by atoms with Crippen molar-refractivity contribution in [2.45, 2.75) is 58.4 Å². The summed E-state index contributed by atoms with van der Waals surface area (Å²) in [5.41, 5.74) is 0. The Kier molecular flexibility index (Phi) is 6.82. The minimum absolute atomic E-state index is 0.146. The minimum atomic E-state index is -0.875. The van der Waals surface area contributed by atoms with E-state index in [2.05, 4.69) is 5.32 Å². The van der Waals surface area contributed by atoms with Gasteiger partial charge in [0.2, 0.25) is 0 Å². The second-order valence-corrected chi connectivity index (χ2v) is 6.21. The van der Waals surface area contributed by atoms with E-state index >= 15 is 0 Å². The van der Waals surface area contributed by atoms with E-state index < -0.39 is 11.9 Å². The minimum Gasteiger partial charge on any atom is -0.481 e. The van der Waals surface area contributed by atoms with Gasteiger partial charge >= 0.3 is 12.0 Å². The molecule has 2 amide bonds. The Morgan fingerprint density at radius 1 is 1.25 bits per heavy atom. The van der Waals surface area contributed by atoms with Crippen LogP contribution in [0.3, 0.4) is 0 Å². The molecule has 1 saturated carbocycles. The number of amides is 2. The fraction of sp³-hybridized carbons (Fsp3) is 0.867. The quantitative estimate of drug-likeness (QED) is 0.788. The van der Waals surface area contributed by atoms with Crippen LogP contribution in [0.15, 0.2) is 0 Å². The number of rotatable bonds is 6. The van der Waals surface area contributed by atoms with Crippen molar-refractivity contribution in [2.75, 3.05) is 13.6 Å². The van der Waals surface area contributed by atoms with Gasteiger partial charge in [0.25, 0.3) is 0 Å². The van der Waals surface area contributed by atoms with Gasteiger partial charge in [0, 0.05) is 19.6 Å². The molecule has 0 spiro atoms. The first kappa shape index (κ1) is 16.8. The number of carbonyl (C=O) groups excluding carboxylic acids is 1. The third-order valence-electron chi connectivity index (χ3n) is 4.10. The largest absolute Gasteiger partial charge is 0.481 e. The Morgan fingerprint density at radius 3 is 2.40 bits per heavy atom. The van der Waals surface area contributed by atoms with Crippen LogP contribution < -0.4 is 5.32 Å². The topological polar surface area (TPSA) is 69.6 Å². The number of urea groups is 1. The lowest BCUT2D eigenvalue weighted by atomic mass is 9.85. The standard InChI is InChI=1S/C15H28N2O3/c1-11(14(18)19)10-17(3)15(20)16-12(2)9-13-7-5-4-6-8-13/h11-13H,4-10H2,1-3H3,(H,16,20)(H,18,19)/t11?,12-/m1/s1. The average Bonchev–Trinajstić information content (AvgIpc) is 2.39. The van der Waals surface area contributed by atoms with Crippen molar-refractivity contribution in [3.63, 3.8) is 0 Å². The van der Waals surface area contributed by atoms with Gasteiger partial charge in [0.05, 0.1) is 5.92 Å². The zero-order valence-electron chi connectivity index (χ0n) is 12.9. The molecule has 1 aliphatic carbocycles. The maximum atomic E-state index is 12.0. The van der Waals surface area contributed by atoms with E-state index in [1.54, 1.807) is 14.0 Å². The summed E-state index contributed by atoms with van der Waals surface area (Å²) < 4.78 is 0. The number of hydrogen-bond acceptors (Lipinski definition) is 2. The lowest BCUT2D eigenvalue weighted by molar-refractivity contribution is -0.141. The first-order valence-electron chi connectivity index (χ1n) is 7.64. The molecule has 116 valence electrons. The van der Waals surface area contributed by atoms with E-state index in [-0.39, 0.29) is 18.6 Å². The molecule has 2 atom stereocenters. The molecule has 1 unspecified atom stereocenters. The van der Waals surface area contributed by atoms with E-state index in [9.17, 15) is 9.59 Å². The highest BCUT2D eigenvalue weighted by Gasteiger charge is 2.21. The summed E-state index contributed by atoms with van der Waals surface area (Å²) in [6.45, 7) is 3.87. The maximum Gasteiger partial charge on any atom is 0.317 e. The van der Waals surface area contributed by atoms with E-state index in [1.165, 1.54) is 37.0 Å². The van der Waals surface area contributed by atoms with E-state index in [0.29, 0.717) is 0 Å². The van der Waals surface area contributed by atoms with E-state index in [1.807, 2.05) is 6.92 Å². The van der Waals surface area contributed by atoms with Crippen molar-refractivity contribution in [3.05, 3.63) is 0 Å². The van der Waals surface area contributed by atoms with Crippen molar-refractivity contribution in [1.29, 1.82) is 0 Å². The Hall–Kier alpha value is -1.26. The number of nitrogens with one attached hydrogen (secondary N) is 1. The van der Waals surface area contributed by atoms with Crippen LogP contribution in [0, 0.1) is 11.8 Å². The fourth-order valence-corrected chi connectivity index (χ4v) is 2.87. The summed E-state index contributed by atoms with van der Waals surface area (Å²) in [4.78, 5) is 24.2. The van der Waals surface area contributed by atoms with Crippen LogP contribution in [0.1, 0.15) is 52.4 Å². The zero-order chi connectivity index (χ0) is 15.1. The molecule has 0 aliphatic heterocycles. The summed E-state index contributed by atoms with van der Waals surface area (Å²) in [6, 6.07) is -0.0328. The summed E-state index contributed by atoms with van der Waals surface area (Å²) in [5, 5.41) is 11.8. The monoisotopic (exact) mass is 284 g/mol. The molecule has 0 saturated heterocycles. The molecule has 1 fully saturated rings. The second-order valence-electron chi connectivity index (χ2n) is 6.21. The number of carboxylic acid groups (broad SMARTS) is 1. The normalized spacial score (nSPS) is 19.1. The Bertz CT molecular complexity index is 327.